The lowest BCUT2D eigenvalue weighted by atomic mass is 9.67. The molecular formula is C17H16FN5. The van der Waals surface area contributed by atoms with Gasteiger partial charge in [-0.15, -0.1) is 12.3 Å². The highest BCUT2D eigenvalue weighted by molar-refractivity contribution is 5.89. The Balaban J connectivity index is 1.72. The third-order valence-corrected chi connectivity index (χ3v) is 4.68. The summed E-state index contributed by atoms with van der Waals surface area (Å²) in [6.45, 7) is -0.295. The molecule has 0 aromatic carbocycles. The van der Waals surface area contributed by atoms with Gasteiger partial charge in [0, 0.05) is 29.8 Å². The summed E-state index contributed by atoms with van der Waals surface area (Å²) in [5.74, 6) is 2.80. The highest BCUT2D eigenvalue weighted by Gasteiger charge is 2.46. The molecule has 6 heteroatoms. The Labute approximate surface area is 133 Å². The van der Waals surface area contributed by atoms with Crippen LogP contribution in [0.1, 0.15) is 19.3 Å². The topological polar surface area (TPSA) is 59.4 Å². The molecule has 0 saturated heterocycles. The molecule has 0 spiro atoms. The molecule has 1 saturated carbocycles. The standard InChI is InChI=1S/C17H16FN5/c1-2-4-17(6-12(7-17)8-18)23-10-13(9-22-23)15-14-3-5-19-16(14)21-11-20-15/h1,3,5,9-12H,4,6-8H2,(H,19,20,21). The van der Waals surface area contributed by atoms with E-state index >= 15 is 0 Å². The van der Waals surface area contributed by atoms with Gasteiger partial charge in [0.25, 0.3) is 0 Å². The molecule has 5 nitrogen and oxygen atoms in total. The minimum Gasteiger partial charge on any atom is -0.346 e. The summed E-state index contributed by atoms with van der Waals surface area (Å²) in [4.78, 5) is 11.7. The van der Waals surface area contributed by atoms with Crippen molar-refractivity contribution in [1.29, 1.82) is 0 Å². The Kier molecular flexibility index (Phi) is 3.15. The first-order valence-electron chi connectivity index (χ1n) is 7.59. The van der Waals surface area contributed by atoms with Crippen LogP contribution in [0, 0.1) is 18.3 Å². The van der Waals surface area contributed by atoms with Crippen LogP contribution >= 0.6 is 0 Å². The number of aromatic nitrogens is 5. The zero-order valence-corrected chi connectivity index (χ0v) is 12.5. The van der Waals surface area contributed by atoms with Crippen LogP contribution in [0.4, 0.5) is 4.39 Å². The quantitative estimate of drug-likeness (QED) is 0.754. The molecule has 0 radical (unpaired) electrons. The maximum Gasteiger partial charge on any atom is 0.141 e. The number of terminal acetylenes is 1. The Morgan fingerprint density at radius 1 is 1.43 bits per heavy atom. The molecule has 0 atom stereocenters. The van der Waals surface area contributed by atoms with Crippen LogP contribution < -0.4 is 0 Å². The lowest BCUT2D eigenvalue weighted by Gasteiger charge is -2.46. The molecule has 1 aliphatic carbocycles. The Morgan fingerprint density at radius 3 is 3.09 bits per heavy atom. The molecule has 1 fully saturated rings. The van der Waals surface area contributed by atoms with Gasteiger partial charge in [-0.05, 0) is 24.8 Å². The molecule has 0 aliphatic heterocycles. The zero-order valence-electron chi connectivity index (χ0n) is 12.5. The molecule has 1 N–H and O–H groups in total. The average Bonchev–Trinajstić information content (AvgIpc) is 3.18. The van der Waals surface area contributed by atoms with E-state index < -0.39 is 0 Å². The van der Waals surface area contributed by atoms with Gasteiger partial charge < -0.3 is 4.98 Å². The number of aromatic amines is 1. The summed E-state index contributed by atoms with van der Waals surface area (Å²) in [7, 11) is 0. The molecule has 3 aromatic heterocycles. The average molecular weight is 309 g/mol. The van der Waals surface area contributed by atoms with Crippen molar-refractivity contribution >= 4 is 11.0 Å². The van der Waals surface area contributed by atoms with Gasteiger partial charge in [-0.3, -0.25) is 9.07 Å². The number of alkyl halides is 1. The van der Waals surface area contributed by atoms with Gasteiger partial charge in [0.15, 0.2) is 0 Å². The van der Waals surface area contributed by atoms with Gasteiger partial charge >= 0.3 is 0 Å². The van der Waals surface area contributed by atoms with Crippen molar-refractivity contribution in [1.82, 2.24) is 24.7 Å². The number of nitrogens with one attached hydrogen (secondary N) is 1. The van der Waals surface area contributed by atoms with Crippen molar-refractivity contribution in [2.75, 3.05) is 6.67 Å². The fourth-order valence-electron chi connectivity index (χ4n) is 3.53. The number of halogens is 1. The van der Waals surface area contributed by atoms with Gasteiger partial charge in [0.2, 0.25) is 0 Å². The molecule has 4 rings (SSSR count). The second-order valence-corrected chi connectivity index (χ2v) is 6.17. The molecule has 3 heterocycles. The van der Waals surface area contributed by atoms with E-state index in [1.807, 2.05) is 23.1 Å². The van der Waals surface area contributed by atoms with Gasteiger partial charge in [-0.2, -0.15) is 5.10 Å². The highest BCUT2D eigenvalue weighted by Crippen LogP contribution is 2.46. The fourth-order valence-corrected chi connectivity index (χ4v) is 3.53. The van der Waals surface area contributed by atoms with E-state index in [9.17, 15) is 4.39 Å². The van der Waals surface area contributed by atoms with E-state index in [0.29, 0.717) is 6.42 Å². The van der Waals surface area contributed by atoms with Crippen LogP contribution in [0.5, 0.6) is 0 Å². The van der Waals surface area contributed by atoms with Crippen molar-refractivity contribution in [2.45, 2.75) is 24.8 Å². The summed E-state index contributed by atoms with van der Waals surface area (Å²) in [5.41, 5.74) is 2.28. The first-order valence-corrected chi connectivity index (χ1v) is 7.59. The Hall–Kier alpha value is -2.68. The van der Waals surface area contributed by atoms with Crippen LogP contribution in [0.3, 0.4) is 0 Å². The zero-order chi connectivity index (χ0) is 15.9. The van der Waals surface area contributed by atoms with Crippen LogP contribution in [0.15, 0.2) is 31.0 Å². The number of nitrogens with zero attached hydrogens (tertiary/aromatic N) is 4. The van der Waals surface area contributed by atoms with Crippen molar-refractivity contribution < 1.29 is 4.39 Å². The SMILES string of the molecule is C#CCC1(n2cc(-c3ncnc4[nH]ccc34)cn2)CC(CF)C1. The van der Waals surface area contributed by atoms with Crippen LogP contribution in [0.25, 0.3) is 22.3 Å². The summed E-state index contributed by atoms with van der Waals surface area (Å²) >= 11 is 0. The monoisotopic (exact) mass is 309 g/mol. The molecule has 0 unspecified atom stereocenters. The molecule has 23 heavy (non-hydrogen) atoms. The second-order valence-electron chi connectivity index (χ2n) is 6.17. The normalized spacial score (nSPS) is 23.6. The molecule has 0 bridgehead atoms. The van der Waals surface area contributed by atoms with Crippen molar-refractivity contribution in [3.05, 3.63) is 31.0 Å². The molecule has 1 aliphatic rings. The first kappa shape index (κ1) is 13.9. The van der Waals surface area contributed by atoms with E-state index in [4.69, 9.17) is 6.42 Å². The van der Waals surface area contributed by atoms with E-state index in [-0.39, 0.29) is 18.1 Å². The van der Waals surface area contributed by atoms with Crippen molar-refractivity contribution in [2.24, 2.45) is 5.92 Å². The lowest BCUT2D eigenvalue weighted by molar-refractivity contribution is 0.0421. The van der Waals surface area contributed by atoms with Gasteiger partial charge in [0.1, 0.15) is 12.0 Å². The Morgan fingerprint density at radius 2 is 2.30 bits per heavy atom. The van der Waals surface area contributed by atoms with Gasteiger partial charge in [-0.25, -0.2) is 9.97 Å². The predicted octanol–water partition coefficient (Wildman–Crippen LogP) is 2.92. The van der Waals surface area contributed by atoms with Crippen molar-refractivity contribution in [3.63, 3.8) is 0 Å². The fraction of sp³-hybridized carbons (Fsp3) is 0.353. The number of hydrogen-bond acceptors (Lipinski definition) is 3. The van der Waals surface area contributed by atoms with Crippen LogP contribution in [0.2, 0.25) is 0 Å². The van der Waals surface area contributed by atoms with Gasteiger partial charge in [0.05, 0.1) is 24.1 Å². The number of hydrogen-bond donors (Lipinski definition) is 1. The maximum atomic E-state index is 12.8. The lowest BCUT2D eigenvalue weighted by Crippen LogP contribution is -2.47. The maximum absolute atomic E-state index is 12.8. The van der Waals surface area contributed by atoms with Gasteiger partial charge in [-0.1, -0.05) is 0 Å². The minimum atomic E-state index is -0.295. The molecule has 116 valence electrons. The summed E-state index contributed by atoms with van der Waals surface area (Å²) in [6, 6.07) is 1.95. The number of H-pyrrole nitrogens is 1. The first-order chi connectivity index (χ1) is 11.3. The predicted molar refractivity (Wildman–Crippen MR) is 85.2 cm³/mol. The largest absolute Gasteiger partial charge is 0.346 e. The number of rotatable bonds is 4. The second kappa shape index (κ2) is 5.20. The third-order valence-electron chi connectivity index (χ3n) is 4.68. The van der Waals surface area contributed by atoms with Crippen LogP contribution in [-0.2, 0) is 5.54 Å². The van der Waals surface area contributed by atoms with E-state index in [1.54, 1.807) is 6.20 Å². The highest BCUT2D eigenvalue weighted by atomic mass is 19.1. The molecule has 0 amide bonds. The van der Waals surface area contributed by atoms with Crippen molar-refractivity contribution in [3.8, 4) is 23.6 Å². The van der Waals surface area contributed by atoms with E-state index in [1.165, 1.54) is 6.33 Å². The smallest absolute Gasteiger partial charge is 0.141 e. The molecule has 3 aromatic rings. The summed E-state index contributed by atoms with van der Waals surface area (Å²) < 4.78 is 14.7. The van der Waals surface area contributed by atoms with E-state index in [2.05, 4.69) is 26.0 Å². The molecular weight excluding hydrogens is 293 g/mol. The Bertz CT molecular complexity index is 882. The third kappa shape index (κ3) is 2.12. The summed E-state index contributed by atoms with van der Waals surface area (Å²) in [6.07, 6.45) is 14.7. The van der Waals surface area contributed by atoms with E-state index in [0.717, 1.165) is 35.1 Å². The summed E-state index contributed by atoms with van der Waals surface area (Å²) in [5, 5.41) is 5.45. The number of fused-ring (bicyclic) bond motifs is 1. The minimum absolute atomic E-state index is 0.0893. The van der Waals surface area contributed by atoms with Crippen LogP contribution in [-0.4, -0.2) is 31.4 Å².